The molecule has 2 N–H and O–H groups in total. The van der Waals surface area contributed by atoms with Crippen molar-refractivity contribution in [2.75, 3.05) is 13.6 Å². The van der Waals surface area contributed by atoms with Crippen LogP contribution in [-0.4, -0.2) is 29.9 Å². The lowest BCUT2D eigenvalue weighted by Gasteiger charge is -2.18. The van der Waals surface area contributed by atoms with Gasteiger partial charge in [-0.25, -0.2) is 0 Å². The number of carbonyl (C=O) groups excluding carboxylic acids is 1. The quantitative estimate of drug-likeness (QED) is 0.588. The van der Waals surface area contributed by atoms with E-state index in [1.807, 2.05) is 6.92 Å². The summed E-state index contributed by atoms with van der Waals surface area (Å²) in [6.07, 6.45) is 1.71. The second-order valence-corrected chi connectivity index (χ2v) is 2.98. The molecule has 0 aliphatic heterocycles. The number of nitrogens with zero attached hydrogens (tertiary/aromatic N) is 1. The topological polar surface area (TPSA) is 46.3 Å². The van der Waals surface area contributed by atoms with Gasteiger partial charge in [0.15, 0.2) is 0 Å². The molecule has 1 aliphatic rings. The van der Waals surface area contributed by atoms with Gasteiger partial charge in [-0.15, -0.1) is 0 Å². The van der Waals surface area contributed by atoms with Gasteiger partial charge in [0, 0.05) is 13.6 Å². The number of amides is 1. The van der Waals surface area contributed by atoms with Crippen LogP contribution >= 0.6 is 0 Å². The van der Waals surface area contributed by atoms with Gasteiger partial charge in [-0.3, -0.25) is 4.79 Å². The SMILES string of the molecule is CCN(C)C(=O)C1(N)CC1. The van der Waals surface area contributed by atoms with E-state index in [2.05, 4.69) is 0 Å². The summed E-state index contributed by atoms with van der Waals surface area (Å²) in [5, 5.41) is 0. The molecular formula is C7H14N2O. The summed E-state index contributed by atoms with van der Waals surface area (Å²) in [4.78, 5) is 12.9. The number of likely N-dealkylation sites (N-methyl/N-ethyl adjacent to an activating group) is 1. The van der Waals surface area contributed by atoms with Crippen molar-refractivity contribution in [3.05, 3.63) is 0 Å². The lowest BCUT2D eigenvalue weighted by atomic mass is 10.2. The van der Waals surface area contributed by atoms with Gasteiger partial charge in [-0.05, 0) is 19.8 Å². The Labute approximate surface area is 61.2 Å². The van der Waals surface area contributed by atoms with Gasteiger partial charge in [-0.2, -0.15) is 0 Å². The molecule has 0 atom stereocenters. The fourth-order valence-corrected chi connectivity index (χ4v) is 0.872. The van der Waals surface area contributed by atoms with E-state index >= 15 is 0 Å². The molecule has 0 spiro atoms. The first-order valence-electron chi connectivity index (χ1n) is 3.64. The molecule has 1 rings (SSSR count). The summed E-state index contributed by atoms with van der Waals surface area (Å²) in [6, 6.07) is 0. The minimum Gasteiger partial charge on any atom is -0.344 e. The van der Waals surface area contributed by atoms with Crippen molar-refractivity contribution >= 4 is 5.91 Å². The van der Waals surface area contributed by atoms with Gasteiger partial charge in [0.25, 0.3) is 0 Å². The number of nitrogens with two attached hydrogens (primary N) is 1. The van der Waals surface area contributed by atoms with E-state index in [0.29, 0.717) is 0 Å². The second kappa shape index (κ2) is 2.23. The van der Waals surface area contributed by atoms with Crippen molar-refractivity contribution in [3.63, 3.8) is 0 Å². The third kappa shape index (κ3) is 1.14. The Kier molecular flexibility index (Phi) is 1.68. The Hall–Kier alpha value is -0.570. The summed E-state index contributed by atoms with van der Waals surface area (Å²) in [5.41, 5.74) is 5.19. The minimum atomic E-state index is -0.481. The molecule has 10 heavy (non-hydrogen) atoms. The molecule has 0 aromatic rings. The van der Waals surface area contributed by atoms with Crippen LogP contribution in [0, 0.1) is 0 Å². The van der Waals surface area contributed by atoms with E-state index in [-0.39, 0.29) is 5.91 Å². The van der Waals surface area contributed by atoms with Gasteiger partial charge >= 0.3 is 0 Å². The Morgan fingerprint density at radius 1 is 1.70 bits per heavy atom. The monoisotopic (exact) mass is 142 g/mol. The highest BCUT2D eigenvalue weighted by Crippen LogP contribution is 2.33. The van der Waals surface area contributed by atoms with Crippen LogP contribution in [0.2, 0.25) is 0 Å². The van der Waals surface area contributed by atoms with Crippen molar-refractivity contribution in [2.24, 2.45) is 5.73 Å². The summed E-state index contributed by atoms with van der Waals surface area (Å²) < 4.78 is 0. The normalized spacial score (nSPS) is 20.3. The predicted molar refractivity (Wildman–Crippen MR) is 39.5 cm³/mol. The molecular weight excluding hydrogens is 128 g/mol. The number of hydrogen-bond acceptors (Lipinski definition) is 2. The highest BCUT2D eigenvalue weighted by atomic mass is 16.2. The lowest BCUT2D eigenvalue weighted by molar-refractivity contribution is -0.132. The van der Waals surface area contributed by atoms with E-state index in [9.17, 15) is 4.79 Å². The smallest absolute Gasteiger partial charge is 0.242 e. The summed E-state index contributed by atoms with van der Waals surface area (Å²) in [7, 11) is 1.79. The maximum absolute atomic E-state index is 11.3. The van der Waals surface area contributed by atoms with Gasteiger partial charge in [0.1, 0.15) is 0 Å². The fraction of sp³-hybridized carbons (Fsp3) is 0.857. The Bertz CT molecular complexity index is 152. The van der Waals surface area contributed by atoms with Crippen LogP contribution in [-0.2, 0) is 4.79 Å². The number of rotatable bonds is 2. The van der Waals surface area contributed by atoms with E-state index in [4.69, 9.17) is 5.73 Å². The van der Waals surface area contributed by atoms with Crippen LogP contribution in [0.15, 0.2) is 0 Å². The van der Waals surface area contributed by atoms with E-state index in [0.717, 1.165) is 19.4 Å². The minimum absolute atomic E-state index is 0.0926. The predicted octanol–water partition coefficient (Wildman–Crippen LogP) is -0.0440. The maximum Gasteiger partial charge on any atom is 0.242 e. The number of carbonyl (C=O) groups is 1. The highest BCUT2D eigenvalue weighted by molar-refractivity contribution is 5.88. The van der Waals surface area contributed by atoms with E-state index in [1.54, 1.807) is 11.9 Å². The first kappa shape index (κ1) is 7.54. The largest absolute Gasteiger partial charge is 0.344 e. The molecule has 0 saturated heterocycles. The molecule has 0 aromatic heterocycles. The summed E-state index contributed by atoms with van der Waals surface area (Å²) in [6.45, 7) is 2.70. The Morgan fingerprint density at radius 3 is 2.50 bits per heavy atom. The zero-order chi connectivity index (χ0) is 7.78. The van der Waals surface area contributed by atoms with Gasteiger partial charge < -0.3 is 10.6 Å². The van der Waals surface area contributed by atoms with Crippen molar-refractivity contribution in [1.82, 2.24) is 4.90 Å². The molecule has 0 radical (unpaired) electrons. The molecule has 1 amide bonds. The van der Waals surface area contributed by atoms with Gasteiger partial charge in [0.05, 0.1) is 5.54 Å². The van der Waals surface area contributed by atoms with Gasteiger partial charge in [0.2, 0.25) is 5.91 Å². The number of hydrogen-bond donors (Lipinski definition) is 1. The lowest BCUT2D eigenvalue weighted by Crippen LogP contribution is -2.43. The Balaban J connectivity index is 2.49. The zero-order valence-corrected chi connectivity index (χ0v) is 6.55. The zero-order valence-electron chi connectivity index (χ0n) is 6.55. The van der Waals surface area contributed by atoms with Crippen LogP contribution in [0.25, 0.3) is 0 Å². The van der Waals surface area contributed by atoms with Crippen LogP contribution < -0.4 is 5.73 Å². The first-order chi connectivity index (χ1) is 4.60. The molecule has 0 unspecified atom stereocenters. The fourth-order valence-electron chi connectivity index (χ4n) is 0.872. The average molecular weight is 142 g/mol. The van der Waals surface area contributed by atoms with Crippen molar-refractivity contribution < 1.29 is 4.79 Å². The summed E-state index contributed by atoms with van der Waals surface area (Å²) >= 11 is 0. The molecule has 0 bridgehead atoms. The van der Waals surface area contributed by atoms with Gasteiger partial charge in [-0.1, -0.05) is 0 Å². The molecule has 1 aliphatic carbocycles. The molecule has 3 nitrogen and oxygen atoms in total. The van der Waals surface area contributed by atoms with Crippen molar-refractivity contribution in [3.8, 4) is 0 Å². The molecule has 3 heteroatoms. The summed E-state index contributed by atoms with van der Waals surface area (Å²) in [5.74, 6) is 0.0926. The standard InChI is InChI=1S/C7H14N2O/c1-3-9(2)6(10)7(8)4-5-7/h3-5,8H2,1-2H3. The van der Waals surface area contributed by atoms with Crippen molar-refractivity contribution in [1.29, 1.82) is 0 Å². The maximum atomic E-state index is 11.3. The Morgan fingerprint density at radius 2 is 2.20 bits per heavy atom. The second-order valence-electron chi connectivity index (χ2n) is 2.98. The highest BCUT2D eigenvalue weighted by Gasteiger charge is 2.47. The molecule has 0 aromatic carbocycles. The molecule has 1 saturated carbocycles. The first-order valence-corrected chi connectivity index (χ1v) is 3.64. The van der Waals surface area contributed by atoms with Crippen LogP contribution in [0.4, 0.5) is 0 Å². The van der Waals surface area contributed by atoms with E-state index in [1.165, 1.54) is 0 Å². The molecule has 1 fully saturated rings. The van der Waals surface area contributed by atoms with Crippen LogP contribution in [0.5, 0.6) is 0 Å². The third-order valence-electron chi connectivity index (χ3n) is 2.04. The van der Waals surface area contributed by atoms with Crippen LogP contribution in [0.1, 0.15) is 19.8 Å². The van der Waals surface area contributed by atoms with Crippen LogP contribution in [0.3, 0.4) is 0 Å². The molecule has 58 valence electrons. The third-order valence-corrected chi connectivity index (χ3v) is 2.04. The van der Waals surface area contributed by atoms with E-state index < -0.39 is 5.54 Å². The molecule has 0 heterocycles. The average Bonchev–Trinajstić information content (AvgIpc) is 2.66. The van der Waals surface area contributed by atoms with Crippen molar-refractivity contribution in [2.45, 2.75) is 25.3 Å².